The van der Waals surface area contributed by atoms with Gasteiger partial charge in [0.05, 0.1) is 17.3 Å². The Hall–Kier alpha value is -1.00. The van der Waals surface area contributed by atoms with Crippen LogP contribution in [0.15, 0.2) is 34.9 Å². The van der Waals surface area contributed by atoms with Crippen LogP contribution in [0.5, 0.6) is 0 Å². The molecular weight excluding hydrogens is 314 g/mol. The van der Waals surface area contributed by atoms with Gasteiger partial charge in [0.15, 0.2) is 0 Å². The van der Waals surface area contributed by atoms with Crippen LogP contribution in [0.1, 0.15) is 25.6 Å². The fourth-order valence-corrected chi connectivity index (χ4v) is 1.99. The Balaban J connectivity index is 2.00. The Bertz CT molecular complexity index is 537. The van der Waals surface area contributed by atoms with E-state index in [-0.39, 0.29) is 0 Å². The van der Waals surface area contributed by atoms with E-state index in [9.17, 15) is 0 Å². The largest absolute Gasteiger partial charge is 0.379 e. The van der Waals surface area contributed by atoms with Crippen molar-refractivity contribution in [3.05, 3.63) is 45.7 Å². The lowest BCUT2D eigenvalue weighted by Gasteiger charge is -2.06. The van der Waals surface area contributed by atoms with E-state index < -0.39 is 0 Å². The Labute approximate surface area is 120 Å². The first kappa shape index (κ1) is 13.4. The predicted molar refractivity (Wildman–Crippen MR) is 79.1 cm³/mol. The molecule has 0 saturated carbocycles. The van der Waals surface area contributed by atoms with E-state index >= 15 is 0 Å². The van der Waals surface area contributed by atoms with Gasteiger partial charge in [-0.05, 0) is 54.0 Å². The van der Waals surface area contributed by atoms with Crippen molar-refractivity contribution in [2.24, 2.45) is 0 Å². The average Bonchev–Trinajstić information content (AvgIpc) is 2.79. The number of halogens is 2. The van der Waals surface area contributed by atoms with E-state index in [1.54, 1.807) is 0 Å². The van der Waals surface area contributed by atoms with Gasteiger partial charge < -0.3 is 5.32 Å². The van der Waals surface area contributed by atoms with Crippen molar-refractivity contribution < 1.29 is 0 Å². The summed E-state index contributed by atoms with van der Waals surface area (Å²) < 4.78 is 2.85. The molecule has 0 saturated heterocycles. The number of nitrogens with zero attached hydrogens (tertiary/aromatic N) is 2. The first-order chi connectivity index (χ1) is 8.56. The molecule has 1 aromatic carbocycles. The van der Waals surface area contributed by atoms with Crippen LogP contribution < -0.4 is 5.32 Å². The van der Waals surface area contributed by atoms with Gasteiger partial charge >= 0.3 is 0 Å². The van der Waals surface area contributed by atoms with Crippen molar-refractivity contribution in [2.75, 3.05) is 5.32 Å². The molecule has 1 heterocycles. The van der Waals surface area contributed by atoms with E-state index in [1.807, 2.05) is 35.1 Å². The SMILES string of the molecule is CC(C)n1ccc(CNc2ccc(Br)c(Cl)c2)n1. The Morgan fingerprint density at radius 2 is 2.17 bits per heavy atom. The summed E-state index contributed by atoms with van der Waals surface area (Å²) >= 11 is 9.40. The van der Waals surface area contributed by atoms with Crippen LogP contribution in [-0.2, 0) is 6.54 Å². The van der Waals surface area contributed by atoms with E-state index in [1.165, 1.54) is 0 Å². The Morgan fingerprint density at radius 3 is 2.78 bits per heavy atom. The molecule has 0 fully saturated rings. The predicted octanol–water partition coefficient (Wildman–Crippen LogP) is 4.49. The van der Waals surface area contributed by atoms with Crippen molar-refractivity contribution in [1.82, 2.24) is 9.78 Å². The highest BCUT2D eigenvalue weighted by molar-refractivity contribution is 9.10. The van der Waals surface area contributed by atoms with Crippen molar-refractivity contribution in [3.63, 3.8) is 0 Å². The first-order valence-corrected chi connectivity index (χ1v) is 6.96. The van der Waals surface area contributed by atoms with E-state index in [0.29, 0.717) is 17.6 Å². The summed E-state index contributed by atoms with van der Waals surface area (Å²) in [5, 5.41) is 8.48. The third kappa shape index (κ3) is 3.27. The Morgan fingerprint density at radius 1 is 1.39 bits per heavy atom. The van der Waals surface area contributed by atoms with Crippen LogP contribution in [0.4, 0.5) is 5.69 Å². The van der Waals surface area contributed by atoms with Crippen molar-refractivity contribution in [3.8, 4) is 0 Å². The fraction of sp³-hybridized carbons (Fsp3) is 0.308. The van der Waals surface area contributed by atoms with Gasteiger partial charge in [-0.3, -0.25) is 4.68 Å². The fourth-order valence-electron chi connectivity index (χ4n) is 1.56. The average molecular weight is 329 g/mol. The third-order valence-corrected chi connectivity index (χ3v) is 3.82. The minimum Gasteiger partial charge on any atom is -0.379 e. The summed E-state index contributed by atoms with van der Waals surface area (Å²) in [6, 6.07) is 8.21. The molecule has 0 amide bonds. The van der Waals surface area contributed by atoms with E-state index in [4.69, 9.17) is 11.6 Å². The number of aromatic nitrogens is 2. The van der Waals surface area contributed by atoms with Crippen LogP contribution >= 0.6 is 27.5 Å². The highest BCUT2D eigenvalue weighted by Gasteiger charge is 2.03. The van der Waals surface area contributed by atoms with E-state index in [2.05, 4.69) is 40.2 Å². The zero-order valence-corrected chi connectivity index (χ0v) is 12.7. The minimum atomic E-state index is 0.390. The maximum absolute atomic E-state index is 6.03. The number of hydrogen-bond donors (Lipinski definition) is 1. The topological polar surface area (TPSA) is 29.9 Å². The second kappa shape index (κ2) is 5.76. The Kier molecular flexibility index (Phi) is 4.30. The van der Waals surface area contributed by atoms with Crippen molar-refractivity contribution in [1.29, 1.82) is 0 Å². The normalized spacial score (nSPS) is 10.9. The van der Waals surface area contributed by atoms with Gasteiger partial charge in [0, 0.05) is 22.4 Å². The third-order valence-electron chi connectivity index (χ3n) is 2.59. The van der Waals surface area contributed by atoms with Crippen LogP contribution in [0.3, 0.4) is 0 Å². The van der Waals surface area contributed by atoms with Gasteiger partial charge in [0.1, 0.15) is 0 Å². The highest BCUT2D eigenvalue weighted by atomic mass is 79.9. The number of hydrogen-bond acceptors (Lipinski definition) is 2. The minimum absolute atomic E-state index is 0.390. The lowest BCUT2D eigenvalue weighted by Crippen LogP contribution is -2.04. The summed E-state index contributed by atoms with van der Waals surface area (Å²) in [5.74, 6) is 0. The summed E-state index contributed by atoms with van der Waals surface area (Å²) in [6.45, 7) is 4.91. The summed E-state index contributed by atoms with van der Waals surface area (Å²) in [4.78, 5) is 0. The molecule has 0 bridgehead atoms. The van der Waals surface area contributed by atoms with Gasteiger partial charge in [0.25, 0.3) is 0 Å². The molecule has 1 aromatic heterocycles. The lowest BCUT2D eigenvalue weighted by molar-refractivity contribution is 0.527. The molecule has 96 valence electrons. The smallest absolute Gasteiger partial charge is 0.0815 e. The molecular formula is C13H15BrClN3. The summed E-state index contributed by atoms with van der Waals surface area (Å²) in [7, 11) is 0. The van der Waals surface area contributed by atoms with Crippen molar-refractivity contribution >= 4 is 33.2 Å². The molecule has 3 nitrogen and oxygen atoms in total. The van der Waals surface area contributed by atoms with Gasteiger partial charge in [0.2, 0.25) is 0 Å². The molecule has 0 spiro atoms. The highest BCUT2D eigenvalue weighted by Crippen LogP contribution is 2.25. The number of rotatable bonds is 4. The second-order valence-corrected chi connectivity index (χ2v) is 5.62. The molecule has 1 N–H and O–H groups in total. The van der Waals surface area contributed by atoms with Gasteiger partial charge in [-0.2, -0.15) is 5.10 Å². The monoisotopic (exact) mass is 327 g/mol. The molecule has 0 unspecified atom stereocenters. The first-order valence-electron chi connectivity index (χ1n) is 5.79. The molecule has 0 atom stereocenters. The molecule has 0 radical (unpaired) electrons. The van der Waals surface area contributed by atoms with E-state index in [0.717, 1.165) is 15.9 Å². The second-order valence-electron chi connectivity index (χ2n) is 4.36. The van der Waals surface area contributed by atoms with Crippen LogP contribution in [0.25, 0.3) is 0 Å². The maximum Gasteiger partial charge on any atom is 0.0815 e. The molecule has 0 aliphatic carbocycles. The maximum atomic E-state index is 6.03. The number of nitrogens with one attached hydrogen (secondary N) is 1. The van der Waals surface area contributed by atoms with Gasteiger partial charge in [-0.25, -0.2) is 0 Å². The molecule has 5 heteroatoms. The lowest BCUT2D eigenvalue weighted by atomic mass is 10.3. The summed E-state index contributed by atoms with van der Waals surface area (Å²) in [5.41, 5.74) is 2.00. The van der Waals surface area contributed by atoms with Crippen LogP contribution in [-0.4, -0.2) is 9.78 Å². The molecule has 2 aromatic rings. The molecule has 18 heavy (non-hydrogen) atoms. The number of benzene rings is 1. The van der Waals surface area contributed by atoms with Gasteiger partial charge in [-0.15, -0.1) is 0 Å². The molecule has 0 aliphatic rings. The zero-order chi connectivity index (χ0) is 13.1. The zero-order valence-electron chi connectivity index (χ0n) is 10.3. The standard InChI is InChI=1S/C13H15BrClN3/c1-9(2)18-6-5-11(17-18)8-16-10-3-4-12(14)13(15)7-10/h3-7,9,16H,8H2,1-2H3. The molecule has 2 rings (SSSR count). The van der Waals surface area contributed by atoms with Gasteiger partial charge in [-0.1, -0.05) is 11.6 Å². The number of anilines is 1. The summed E-state index contributed by atoms with van der Waals surface area (Å²) in [6.07, 6.45) is 2.00. The molecule has 0 aliphatic heterocycles. The van der Waals surface area contributed by atoms with Crippen molar-refractivity contribution in [2.45, 2.75) is 26.4 Å². The quantitative estimate of drug-likeness (QED) is 0.896. The van der Waals surface area contributed by atoms with Crippen LogP contribution in [0, 0.1) is 0 Å². The van der Waals surface area contributed by atoms with Crippen LogP contribution in [0.2, 0.25) is 5.02 Å².